The van der Waals surface area contributed by atoms with Gasteiger partial charge in [-0.3, -0.25) is 0 Å². The van der Waals surface area contributed by atoms with E-state index in [1.165, 1.54) is 4.31 Å². The van der Waals surface area contributed by atoms with Crippen molar-refractivity contribution in [2.75, 3.05) is 7.05 Å². The van der Waals surface area contributed by atoms with Crippen molar-refractivity contribution in [2.45, 2.75) is 18.4 Å². The predicted molar refractivity (Wildman–Crippen MR) is 90.5 cm³/mol. The zero-order chi connectivity index (χ0) is 16.6. The highest BCUT2D eigenvalue weighted by Crippen LogP contribution is 2.22. The van der Waals surface area contributed by atoms with E-state index in [1.807, 2.05) is 48.9 Å². The molecule has 120 valence electrons. The highest BCUT2D eigenvalue weighted by atomic mass is 32.2. The van der Waals surface area contributed by atoms with E-state index in [-0.39, 0.29) is 4.90 Å². The lowest BCUT2D eigenvalue weighted by Gasteiger charge is -2.17. The molecule has 0 atom stereocenters. The molecule has 0 aliphatic carbocycles. The van der Waals surface area contributed by atoms with Gasteiger partial charge in [-0.2, -0.15) is 4.31 Å². The van der Waals surface area contributed by atoms with Crippen LogP contribution in [0.3, 0.4) is 0 Å². The molecule has 0 amide bonds. The molecule has 0 aliphatic rings. The molecule has 23 heavy (non-hydrogen) atoms. The van der Waals surface area contributed by atoms with Crippen LogP contribution in [0.15, 0.2) is 53.4 Å². The molecule has 0 spiro atoms. The third-order valence-corrected chi connectivity index (χ3v) is 5.83. The fraction of sp³-hybridized carbons (Fsp3) is 0.235. The van der Waals surface area contributed by atoms with Crippen LogP contribution in [-0.4, -0.2) is 29.3 Å². The summed E-state index contributed by atoms with van der Waals surface area (Å²) < 4.78 is 28.8. The highest BCUT2D eigenvalue weighted by Gasteiger charge is 2.22. The Bertz CT molecular complexity index is 947. The van der Waals surface area contributed by atoms with E-state index in [2.05, 4.69) is 4.98 Å². The monoisotopic (exact) mass is 329 g/mol. The molecule has 3 rings (SSSR count). The molecular weight excluding hydrogens is 310 g/mol. The van der Waals surface area contributed by atoms with Crippen molar-refractivity contribution >= 4 is 21.1 Å². The Balaban J connectivity index is 1.95. The van der Waals surface area contributed by atoms with Gasteiger partial charge in [0, 0.05) is 20.6 Å². The van der Waals surface area contributed by atoms with Crippen LogP contribution >= 0.6 is 0 Å². The average molecular weight is 329 g/mol. The molecule has 0 radical (unpaired) electrons. The molecule has 0 saturated carbocycles. The second-order valence-corrected chi connectivity index (χ2v) is 7.66. The molecule has 1 aromatic heterocycles. The maximum absolute atomic E-state index is 12.8. The lowest BCUT2D eigenvalue weighted by molar-refractivity contribution is 0.467. The summed E-state index contributed by atoms with van der Waals surface area (Å²) in [5.41, 5.74) is 2.57. The fourth-order valence-electron chi connectivity index (χ4n) is 2.57. The molecule has 3 aromatic rings. The van der Waals surface area contributed by atoms with Crippen LogP contribution in [-0.2, 0) is 23.6 Å². The summed E-state index contributed by atoms with van der Waals surface area (Å²) in [6.45, 7) is 2.23. The summed E-state index contributed by atoms with van der Waals surface area (Å²) in [6.07, 6.45) is 0. The van der Waals surface area contributed by atoms with Crippen LogP contribution in [0, 0.1) is 6.92 Å². The average Bonchev–Trinajstić information content (AvgIpc) is 2.82. The van der Waals surface area contributed by atoms with Gasteiger partial charge < -0.3 is 4.57 Å². The van der Waals surface area contributed by atoms with Crippen molar-refractivity contribution in [3.63, 3.8) is 0 Å². The van der Waals surface area contributed by atoms with Crippen LogP contribution in [0.2, 0.25) is 0 Å². The quantitative estimate of drug-likeness (QED) is 0.739. The Labute approximate surface area is 136 Å². The number of nitrogens with zero attached hydrogens (tertiary/aromatic N) is 3. The number of hydrogen-bond acceptors (Lipinski definition) is 3. The van der Waals surface area contributed by atoms with E-state index in [9.17, 15) is 8.42 Å². The third kappa shape index (κ3) is 2.87. The Morgan fingerprint density at radius 1 is 1.13 bits per heavy atom. The van der Waals surface area contributed by atoms with Crippen molar-refractivity contribution in [3.05, 3.63) is 59.9 Å². The van der Waals surface area contributed by atoms with Crippen LogP contribution in [0.1, 0.15) is 11.4 Å². The molecule has 0 fully saturated rings. The minimum absolute atomic E-state index is 0.265. The molecule has 6 heteroatoms. The second kappa shape index (κ2) is 5.79. The molecule has 0 aliphatic heterocycles. The number of fused-ring (bicyclic) bond motifs is 1. The number of aryl methyl sites for hydroxylation is 2. The minimum atomic E-state index is -3.55. The Kier molecular flexibility index (Phi) is 3.95. The lowest BCUT2D eigenvalue weighted by Crippen LogP contribution is -2.26. The third-order valence-electron chi connectivity index (χ3n) is 4.03. The normalized spacial score (nSPS) is 12.2. The number of sulfonamides is 1. The molecule has 1 heterocycles. The van der Waals surface area contributed by atoms with Crippen molar-refractivity contribution in [2.24, 2.45) is 7.05 Å². The fourth-order valence-corrected chi connectivity index (χ4v) is 3.75. The molecule has 0 bridgehead atoms. The summed E-state index contributed by atoms with van der Waals surface area (Å²) in [4.78, 5) is 4.68. The number of benzene rings is 2. The summed E-state index contributed by atoms with van der Waals surface area (Å²) in [5, 5.41) is 0. The number of rotatable bonds is 4. The van der Waals surface area contributed by atoms with E-state index < -0.39 is 10.0 Å². The van der Waals surface area contributed by atoms with Gasteiger partial charge in [-0.05, 0) is 30.7 Å². The van der Waals surface area contributed by atoms with Crippen LogP contribution in [0.5, 0.6) is 0 Å². The smallest absolute Gasteiger partial charge is 0.243 e. The first-order valence-electron chi connectivity index (χ1n) is 7.33. The molecular formula is C17H19N3O2S. The highest BCUT2D eigenvalue weighted by molar-refractivity contribution is 7.89. The van der Waals surface area contributed by atoms with E-state index in [0.717, 1.165) is 16.9 Å². The molecule has 5 nitrogen and oxygen atoms in total. The van der Waals surface area contributed by atoms with Gasteiger partial charge in [0.2, 0.25) is 10.0 Å². The van der Waals surface area contributed by atoms with Crippen molar-refractivity contribution in [1.29, 1.82) is 0 Å². The standard InChI is InChI=1S/C17H19N3O2S/c1-13-18-16-11-15(9-10-17(16)20(13)3)23(21,22)19(2)12-14-7-5-4-6-8-14/h4-11H,12H2,1-3H3. The number of imidazole rings is 1. The van der Waals surface area contributed by atoms with Gasteiger partial charge in [-0.15, -0.1) is 0 Å². The van der Waals surface area contributed by atoms with Gasteiger partial charge in [0.1, 0.15) is 5.82 Å². The Hall–Kier alpha value is -2.18. The maximum atomic E-state index is 12.8. The first-order valence-corrected chi connectivity index (χ1v) is 8.77. The summed E-state index contributed by atoms with van der Waals surface area (Å²) in [6, 6.07) is 14.6. The first kappa shape index (κ1) is 15.7. The zero-order valence-corrected chi connectivity index (χ0v) is 14.2. The van der Waals surface area contributed by atoms with E-state index >= 15 is 0 Å². The van der Waals surface area contributed by atoms with Crippen LogP contribution in [0.4, 0.5) is 0 Å². The Morgan fingerprint density at radius 3 is 2.52 bits per heavy atom. The largest absolute Gasteiger partial charge is 0.331 e. The van der Waals surface area contributed by atoms with E-state index in [1.54, 1.807) is 25.2 Å². The lowest BCUT2D eigenvalue weighted by atomic mass is 10.2. The molecule has 0 saturated heterocycles. The zero-order valence-electron chi connectivity index (χ0n) is 13.4. The van der Waals surface area contributed by atoms with Gasteiger partial charge in [0.25, 0.3) is 0 Å². The summed E-state index contributed by atoms with van der Waals surface area (Å²) >= 11 is 0. The summed E-state index contributed by atoms with van der Waals surface area (Å²) in [5.74, 6) is 0.854. The number of aromatic nitrogens is 2. The van der Waals surface area contributed by atoms with Gasteiger partial charge >= 0.3 is 0 Å². The van der Waals surface area contributed by atoms with Crippen molar-refractivity contribution in [1.82, 2.24) is 13.9 Å². The van der Waals surface area contributed by atoms with Crippen LogP contribution in [0.25, 0.3) is 11.0 Å². The first-order chi connectivity index (χ1) is 10.9. The van der Waals surface area contributed by atoms with Crippen molar-refractivity contribution < 1.29 is 8.42 Å². The molecule has 0 unspecified atom stereocenters. The molecule has 2 aromatic carbocycles. The van der Waals surface area contributed by atoms with Gasteiger partial charge in [0.15, 0.2) is 0 Å². The Morgan fingerprint density at radius 2 is 1.83 bits per heavy atom. The van der Waals surface area contributed by atoms with Gasteiger partial charge in [-0.25, -0.2) is 13.4 Å². The van der Waals surface area contributed by atoms with Crippen LogP contribution < -0.4 is 0 Å². The predicted octanol–water partition coefficient (Wildman–Crippen LogP) is 2.70. The topological polar surface area (TPSA) is 55.2 Å². The summed E-state index contributed by atoms with van der Waals surface area (Å²) in [7, 11) is -0.0377. The van der Waals surface area contributed by atoms with Gasteiger partial charge in [0.05, 0.1) is 15.9 Å². The van der Waals surface area contributed by atoms with E-state index in [0.29, 0.717) is 12.1 Å². The molecule has 0 N–H and O–H groups in total. The second-order valence-electron chi connectivity index (χ2n) is 5.62. The van der Waals surface area contributed by atoms with E-state index in [4.69, 9.17) is 0 Å². The minimum Gasteiger partial charge on any atom is -0.331 e. The van der Waals surface area contributed by atoms with Gasteiger partial charge in [-0.1, -0.05) is 30.3 Å². The number of hydrogen-bond donors (Lipinski definition) is 0. The maximum Gasteiger partial charge on any atom is 0.243 e. The SMILES string of the molecule is Cc1nc2cc(S(=O)(=O)N(C)Cc3ccccc3)ccc2n1C. The van der Waals surface area contributed by atoms with Crippen molar-refractivity contribution in [3.8, 4) is 0 Å².